The van der Waals surface area contributed by atoms with Crippen LogP contribution in [0.4, 0.5) is 0 Å². The van der Waals surface area contributed by atoms with Crippen molar-refractivity contribution in [1.29, 1.82) is 0 Å². The standard InChI is InChI=1S/C32H32N4O6S2.C22H21N3O5.C14H16N2O4S2.C10H8N2S2.C10H13NO2S2.C5H10O2S.C4H5NO3/c1-19(43-44-29-5-3-4-8-33-29)6-7-30(39)35(2)9-10-36-31-24-13-27-28(42-18-41-27)14-26(24)34-15-25(31)22-11-20(16-37)21(17-38)12-23(22)32(36)40;1-23-2-3-25-21-16-6-19-20(30-11-29-19)7-18(16)24-8-17(21)14-4-12(9-26)13(10-27)5-15(14)22(25)28;1-10(21-22-11-4-2-3-9-15-11)5-8-14(19)20-16-12(17)6-7-13(16)18;1-3-7-11-9(5-1)13-14-10-6-2-4-8-12-10;1-8(5-6-10(12)13)14-15-9-4-2-3-7-11-9;1-4(8)2-3-5(6)7;6-3-1-2-4(7)5(3)8/h3-5,8,11-15,19,37-38H,6-7,9-10,16-18H2,1-2H3;4-8,23,26-27H,2-3,9-11H2,1H3;2-4,9-10H,5-8H2,1H3;1-8H;2-4,7-8H,5-6H2,1H3,(H,12,13);4,8H,2-3H2,1H3,(H,6,7);8H,1-2H2. The summed E-state index contributed by atoms with van der Waals surface area (Å²) in [7, 11) is 16.5. The number of aliphatic hydroxyl groups is 4. The number of aliphatic hydroxyl groups excluding tert-OH is 4. The number of thiol groups is 1. The average Bonchev–Trinajstić information content (AvgIpc) is 1.39. The molecule has 4 aromatic carbocycles. The lowest BCUT2D eigenvalue weighted by Crippen LogP contribution is -2.33. The summed E-state index contributed by atoms with van der Waals surface area (Å²) in [6, 6.07) is 43.2. The molecule has 0 bridgehead atoms. The van der Waals surface area contributed by atoms with Gasteiger partial charge in [0.05, 0.1) is 48.5 Å². The maximum absolute atomic E-state index is 14.1. The molecule has 8 N–H and O–H groups in total. The first-order valence-electron chi connectivity index (χ1n) is 44.4. The summed E-state index contributed by atoms with van der Waals surface area (Å²) in [5.41, 5.74) is 4.51. The summed E-state index contributed by atoms with van der Waals surface area (Å²) in [5, 5.41) is 79.3. The first kappa shape index (κ1) is 110. The third-order valence-corrected chi connectivity index (χ3v) is 32.4. The van der Waals surface area contributed by atoms with Gasteiger partial charge in [-0.25, -0.2) is 29.7 Å². The minimum atomic E-state index is -0.745. The van der Waals surface area contributed by atoms with Crippen molar-refractivity contribution >= 4 is 212 Å². The van der Waals surface area contributed by atoms with Crippen molar-refractivity contribution in [2.24, 2.45) is 0 Å². The van der Waals surface area contributed by atoms with Crippen molar-refractivity contribution in [3.63, 3.8) is 0 Å². The van der Waals surface area contributed by atoms with E-state index in [0.717, 1.165) is 46.8 Å². The molecule has 141 heavy (non-hydrogen) atoms. The molecule has 5 amide bonds. The van der Waals surface area contributed by atoms with E-state index in [9.17, 15) is 68.4 Å². The second-order valence-corrected chi connectivity index (χ2v) is 42.7. The zero-order valence-electron chi connectivity index (χ0n) is 77.5. The van der Waals surface area contributed by atoms with Crippen LogP contribution < -0.4 is 35.4 Å². The van der Waals surface area contributed by atoms with Gasteiger partial charge in [-0.3, -0.25) is 58.3 Å². The summed E-state index contributed by atoms with van der Waals surface area (Å²) in [4.78, 5) is 153. The summed E-state index contributed by atoms with van der Waals surface area (Å²) in [5.74, 6) is -1.53. The Labute approximate surface area is 847 Å². The number of carboxylic acid groups (broad SMARTS) is 2. The van der Waals surface area contributed by atoms with Gasteiger partial charge in [-0.05, 0) is 222 Å². The van der Waals surface area contributed by atoms with Gasteiger partial charge in [0, 0.05) is 188 Å². The Morgan fingerprint density at radius 1 is 0.440 bits per heavy atom. The third-order valence-electron chi connectivity index (χ3n) is 21.3. The largest absolute Gasteiger partial charge is 0.481 e. The third kappa shape index (κ3) is 32.1. The molecule has 0 saturated carbocycles. The first-order chi connectivity index (χ1) is 68.1. The quantitative estimate of drug-likeness (QED) is 0.00585. The Morgan fingerprint density at radius 3 is 1.13 bits per heavy atom. The molecule has 744 valence electrons. The van der Waals surface area contributed by atoms with E-state index in [2.05, 4.69) is 59.8 Å². The van der Waals surface area contributed by atoms with Gasteiger partial charge in [-0.2, -0.15) is 17.7 Å². The number of aliphatic carboxylic acids is 2. The van der Waals surface area contributed by atoms with Crippen molar-refractivity contribution in [1.82, 2.24) is 64.4 Å². The number of pyridine rings is 9. The Balaban J connectivity index is 0.000000170. The molecule has 0 aliphatic carbocycles. The predicted molar refractivity (Wildman–Crippen MR) is 552 cm³/mol. The van der Waals surface area contributed by atoms with Gasteiger partial charge in [-0.15, -0.1) is 5.06 Å². The molecule has 2 fully saturated rings. The van der Waals surface area contributed by atoms with Crippen LogP contribution in [-0.2, 0) is 82.7 Å². The van der Waals surface area contributed by atoms with E-state index in [1.54, 1.807) is 181 Å². The zero-order chi connectivity index (χ0) is 101. The molecule has 17 rings (SSSR count). The van der Waals surface area contributed by atoms with Gasteiger partial charge in [0.15, 0.2) is 23.0 Å². The number of imide groups is 2. The Morgan fingerprint density at radius 2 is 0.787 bits per heavy atom. The lowest BCUT2D eigenvalue weighted by Gasteiger charge is -2.21. The van der Waals surface area contributed by atoms with Gasteiger partial charge in [-0.1, -0.05) is 90.4 Å². The summed E-state index contributed by atoms with van der Waals surface area (Å²) in [6.45, 7) is 8.85. The highest BCUT2D eigenvalue weighted by atomic mass is 33.1. The number of carbonyl (C=O) groups excluding carboxylic acids is 6. The number of nitrogens with zero attached hydrogens (tertiary/aromatic N) is 12. The van der Waals surface area contributed by atoms with Crippen LogP contribution in [0.25, 0.3) is 65.2 Å². The lowest BCUT2D eigenvalue weighted by molar-refractivity contribution is -0.197. The van der Waals surface area contributed by atoms with E-state index in [4.69, 9.17) is 39.2 Å². The minimum Gasteiger partial charge on any atom is -0.481 e. The highest BCUT2D eigenvalue weighted by Crippen LogP contribution is 2.43. The zero-order valence-corrected chi connectivity index (χ0v) is 84.9. The number of likely N-dealkylation sites (N-methyl/N-ethyl adjacent to an activating group) is 2. The molecule has 13 heterocycles. The molecule has 4 atom stereocenters. The van der Waals surface area contributed by atoms with Crippen LogP contribution >= 0.6 is 99.0 Å². The SMILES string of the molecule is CC(CCC(=O)N(C)CCn1c(=O)c2cc(CO)c(CO)cc2c2cnc3cc4c(cc3c21)OCO4)SSc1ccccn1.CC(CCC(=O)O)SSc1ccccn1.CC(CCC(=O)ON1C(=O)CCC1=O)SSc1ccccn1.CC(S)CCC(=O)O.CNCCn1c(=O)c2cc(CO)c(CO)cc2c2cnc3cc4c(cc3c21)OCO4.O=C1CCC(=O)N1O.c1ccc(SSc2ccccn2)nc1. The number of hydroxylamine groups is 4. The van der Waals surface area contributed by atoms with Gasteiger partial charge in [0.2, 0.25) is 19.5 Å². The number of carboxylic acids is 2. The number of carbonyl (C=O) groups is 8. The van der Waals surface area contributed by atoms with E-state index < -0.39 is 41.5 Å². The van der Waals surface area contributed by atoms with Gasteiger partial charge >= 0.3 is 17.9 Å². The van der Waals surface area contributed by atoms with Crippen LogP contribution in [0.3, 0.4) is 0 Å². The van der Waals surface area contributed by atoms with Crippen LogP contribution in [0.1, 0.15) is 127 Å². The Bertz CT molecular complexity index is 6560. The number of amides is 5. The van der Waals surface area contributed by atoms with Crippen LogP contribution in [0.15, 0.2) is 218 Å². The molecule has 4 unspecified atom stereocenters. The monoisotopic (exact) mass is 2090 g/mol. The predicted octanol–water partition coefficient (Wildman–Crippen LogP) is 16.2. The van der Waals surface area contributed by atoms with Crippen molar-refractivity contribution in [3.05, 3.63) is 226 Å². The highest BCUT2D eigenvalue weighted by molar-refractivity contribution is 8.77. The number of fused-ring (bicyclic) bond motifs is 12. The smallest absolute Gasteiger partial charge is 0.333 e. The molecule has 0 radical (unpaired) electrons. The van der Waals surface area contributed by atoms with E-state index in [-0.39, 0.29) is 129 Å². The lowest BCUT2D eigenvalue weighted by atomic mass is 9.98. The van der Waals surface area contributed by atoms with Crippen molar-refractivity contribution in [2.45, 2.75) is 190 Å². The summed E-state index contributed by atoms with van der Waals surface area (Å²) in [6.07, 6.45) is 16.5. The second kappa shape index (κ2) is 55.9. The first-order valence-corrected chi connectivity index (χ1v) is 53.7. The van der Waals surface area contributed by atoms with Crippen LogP contribution in [0.2, 0.25) is 0 Å². The number of nitrogens with one attached hydrogen (secondary N) is 1. The number of hydrogen-bond donors (Lipinski definition) is 9. The fourth-order valence-corrected chi connectivity index (χ4v) is 22.0. The van der Waals surface area contributed by atoms with Gasteiger partial charge in [0.1, 0.15) is 25.1 Å². The molecule has 44 heteroatoms. The fraction of sp³-hybridized carbons (Fsp3) is 0.330. The topological polar surface area (TPSA) is 480 Å². The van der Waals surface area contributed by atoms with Crippen LogP contribution in [-0.4, -0.2) is 204 Å². The molecule has 13 aromatic rings. The molecule has 4 aliphatic heterocycles. The van der Waals surface area contributed by atoms with E-state index in [0.29, 0.717) is 151 Å². The molecule has 4 aliphatic rings. The van der Waals surface area contributed by atoms with Crippen LogP contribution in [0.5, 0.6) is 23.0 Å². The normalized spacial score (nSPS) is 13.6. The summed E-state index contributed by atoms with van der Waals surface area (Å²) >= 11 is 4.01. The average molecular weight is 2090 g/mol. The van der Waals surface area contributed by atoms with Crippen molar-refractivity contribution < 1.29 is 98.0 Å². The Kier molecular flexibility index (Phi) is 43.6. The van der Waals surface area contributed by atoms with Gasteiger partial charge in [0.25, 0.3) is 34.7 Å². The second-order valence-electron chi connectivity index (χ2n) is 31.7. The van der Waals surface area contributed by atoms with Crippen LogP contribution in [0, 0.1) is 0 Å². The van der Waals surface area contributed by atoms with E-state index in [1.807, 2.05) is 137 Å². The van der Waals surface area contributed by atoms with Crippen molar-refractivity contribution in [3.8, 4) is 23.0 Å². The molecule has 35 nitrogen and oxygen atoms in total. The number of ether oxygens (including phenoxy) is 4. The highest BCUT2D eigenvalue weighted by Gasteiger charge is 2.34. The molecular weight excluding hydrogens is 1990 g/mol. The number of rotatable bonds is 35. The van der Waals surface area contributed by atoms with E-state index >= 15 is 0 Å². The number of hydrogen-bond acceptors (Lipinski definition) is 37. The van der Waals surface area contributed by atoms with E-state index in [1.165, 1.54) is 0 Å². The maximum Gasteiger partial charge on any atom is 0.333 e. The summed E-state index contributed by atoms with van der Waals surface area (Å²) < 4.78 is 25.6. The number of aromatic nitrogens is 9. The minimum absolute atomic E-state index is 0.00322. The molecular formula is C97H105N13O22S9. The molecule has 0 spiro atoms. The maximum atomic E-state index is 14.1. The number of benzene rings is 4. The fourth-order valence-electron chi connectivity index (χ4n) is 13.9. The van der Waals surface area contributed by atoms with Crippen molar-refractivity contribution in [2.75, 3.05) is 40.8 Å². The van der Waals surface area contributed by atoms with Gasteiger partial charge < -0.3 is 73.8 Å². The molecule has 2 saturated heterocycles. The Hall–Kier alpha value is -11.3. The molecule has 9 aromatic heterocycles.